The summed E-state index contributed by atoms with van der Waals surface area (Å²) in [6, 6.07) is 2.09. The number of rotatable bonds is 1. The van der Waals surface area contributed by atoms with Crippen LogP contribution < -0.4 is 0 Å². The van der Waals surface area contributed by atoms with E-state index >= 15 is 0 Å². The first-order valence-corrected chi connectivity index (χ1v) is 4.41. The van der Waals surface area contributed by atoms with Gasteiger partial charge in [0.1, 0.15) is 0 Å². The molecule has 1 atom stereocenters. The van der Waals surface area contributed by atoms with Gasteiger partial charge in [0, 0.05) is 19.2 Å². The van der Waals surface area contributed by atoms with Crippen molar-refractivity contribution in [1.29, 1.82) is 0 Å². The molecule has 0 saturated heterocycles. The first-order chi connectivity index (χ1) is 5.41. The van der Waals surface area contributed by atoms with E-state index in [0.717, 1.165) is 0 Å². The van der Waals surface area contributed by atoms with Gasteiger partial charge in [-0.1, -0.05) is 27.7 Å². The Labute approximate surface area is 74.6 Å². The number of hydrogen-bond donors (Lipinski definition) is 0. The van der Waals surface area contributed by atoms with Crippen molar-refractivity contribution in [3.8, 4) is 0 Å². The lowest BCUT2D eigenvalue weighted by Crippen LogP contribution is -2.15. The predicted octanol–water partition coefficient (Wildman–Crippen LogP) is 2.57. The monoisotopic (exact) mass is 166 g/mol. The molecule has 0 aliphatic rings. The van der Waals surface area contributed by atoms with Gasteiger partial charge < -0.3 is 0 Å². The molecule has 0 fully saturated rings. The molecular formula is C10H18N2. The number of nitrogens with zero attached hydrogens (tertiary/aromatic N) is 2. The minimum atomic E-state index is 0.300. The summed E-state index contributed by atoms with van der Waals surface area (Å²) in [5.74, 6) is 0.513. The molecule has 0 saturated carbocycles. The largest absolute Gasteiger partial charge is 0.276 e. The van der Waals surface area contributed by atoms with Gasteiger partial charge in [0.15, 0.2) is 0 Å². The molecule has 0 spiro atoms. The number of aromatic nitrogens is 2. The smallest absolute Gasteiger partial charge is 0.0657 e. The van der Waals surface area contributed by atoms with Crippen molar-refractivity contribution >= 4 is 0 Å². The maximum Gasteiger partial charge on any atom is 0.0657 e. The highest BCUT2D eigenvalue weighted by molar-refractivity contribution is 5.08. The second-order valence-electron chi connectivity index (χ2n) is 4.50. The Balaban J connectivity index is 2.85. The van der Waals surface area contributed by atoms with E-state index < -0.39 is 0 Å². The van der Waals surface area contributed by atoms with E-state index in [-0.39, 0.29) is 0 Å². The predicted molar refractivity (Wildman–Crippen MR) is 51.1 cm³/mol. The highest BCUT2D eigenvalue weighted by Gasteiger charge is 2.23. The molecule has 0 aliphatic carbocycles. The van der Waals surface area contributed by atoms with Crippen LogP contribution in [-0.4, -0.2) is 9.78 Å². The van der Waals surface area contributed by atoms with Gasteiger partial charge >= 0.3 is 0 Å². The molecule has 1 heterocycles. The minimum Gasteiger partial charge on any atom is -0.276 e. The highest BCUT2D eigenvalue weighted by Crippen LogP contribution is 2.32. The van der Waals surface area contributed by atoms with E-state index in [9.17, 15) is 0 Å². The Morgan fingerprint density at radius 1 is 1.42 bits per heavy atom. The van der Waals surface area contributed by atoms with Crippen molar-refractivity contribution in [2.24, 2.45) is 12.5 Å². The lowest BCUT2D eigenvalue weighted by molar-refractivity contribution is 0.332. The average molecular weight is 166 g/mol. The van der Waals surface area contributed by atoms with Crippen LogP contribution in [0.5, 0.6) is 0 Å². The van der Waals surface area contributed by atoms with Gasteiger partial charge in [0.2, 0.25) is 0 Å². The minimum absolute atomic E-state index is 0.300. The molecule has 0 radical (unpaired) electrons. The van der Waals surface area contributed by atoms with Crippen molar-refractivity contribution < 1.29 is 0 Å². The lowest BCUT2D eigenvalue weighted by atomic mass is 9.80. The first-order valence-electron chi connectivity index (χ1n) is 4.41. The van der Waals surface area contributed by atoms with Crippen LogP contribution in [0.4, 0.5) is 0 Å². The molecule has 0 amide bonds. The van der Waals surface area contributed by atoms with Gasteiger partial charge in [-0.2, -0.15) is 5.10 Å². The second-order valence-corrected chi connectivity index (χ2v) is 4.50. The van der Waals surface area contributed by atoms with Crippen LogP contribution in [0.25, 0.3) is 0 Å². The summed E-state index contributed by atoms with van der Waals surface area (Å²) in [6.07, 6.45) is 2.00. The van der Waals surface area contributed by atoms with Gasteiger partial charge in [0.05, 0.1) is 5.69 Å². The SMILES string of the molecule is CC(c1ccn(C)n1)C(C)(C)C. The zero-order valence-electron chi connectivity index (χ0n) is 8.63. The summed E-state index contributed by atoms with van der Waals surface area (Å²) in [5, 5.41) is 4.39. The quantitative estimate of drug-likeness (QED) is 0.627. The third-order valence-electron chi connectivity index (χ3n) is 2.48. The van der Waals surface area contributed by atoms with Gasteiger partial charge in [-0.3, -0.25) is 4.68 Å². The summed E-state index contributed by atoms with van der Waals surface area (Å²) in [4.78, 5) is 0. The molecule has 12 heavy (non-hydrogen) atoms. The van der Waals surface area contributed by atoms with E-state index in [1.165, 1.54) is 5.69 Å². The van der Waals surface area contributed by atoms with E-state index in [1.807, 2.05) is 17.9 Å². The van der Waals surface area contributed by atoms with Crippen molar-refractivity contribution in [2.75, 3.05) is 0 Å². The van der Waals surface area contributed by atoms with E-state index in [2.05, 4.69) is 38.9 Å². The molecule has 0 bridgehead atoms. The van der Waals surface area contributed by atoms with Crippen LogP contribution in [0.2, 0.25) is 0 Å². The normalized spacial score (nSPS) is 14.8. The van der Waals surface area contributed by atoms with Crippen molar-refractivity contribution in [1.82, 2.24) is 9.78 Å². The standard InChI is InChI=1S/C10H18N2/c1-8(10(2,3)4)9-6-7-12(5)11-9/h6-8H,1-5H3. The van der Waals surface area contributed by atoms with Crippen LogP contribution in [0.3, 0.4) is 0 Å². The van der Waals surface area contributed by atoms with E-state index in [1.54, 1.807) is 0 Å². The van der Waals surface area contributed by atoms with E-state index in [4.69, 9.17) is 0 Å². The third kappa shape index (κ3) is 1.87. The molecule has 0 aromatic carbocycles. The van der Waals surface area contributed by atoms with Gasteiger partial charge in [-0.15, -0.1) is 0 Å². The summed E-state index contributed by atoms with van der Waals surface area (Å²) in [7, 11) is 1.96. The molecule has 1 aromatic heterocycles. The fraction of sp³-hybridized carbons (Fsp3) is 0.700. The Bertz CT molecular complexity index is 255. The Morgan fingerprint density at radius 2 is 2.00 bits per heavy atom. The third-order valence-corrected chi connectivity index (χ3v) is 2.48. The van der Waals surface area contributed by atoms with Crippen molar-refractivity contribution in [3.05, 3.63) is 18.0 Å². The number of hydrogen-bond acceptors (Lipinski definition) is 1. The maximum atomic E-state index is 4.39. The molecule has 1 aromatic rings. The molecular weight excluding hydrogens is 148 g/mol. The van der Waals surface area contributed by atoms with Gasteiger partial charge in [0.25, 0.3) is 0 Å². The summed E-state index contributed by atoms with van der Waals surface area (Å²) in [5.41, 5.74) is 1.49. The fourth-order valence-corrected chi connectivity index (χ4v) is 1.11. The Kier molecular flexibility index (Phi) is 2.27. The van der Waals surface area contributed by atoms with Crippen LogP contribution >= 0.6 is 0 Å². The maximum absolute atomic E-state index is 4.39. The van der Waals surface area contributed by atoms with Crippen molar-refractivity contribution in [2.45, 2.75) is 33.6 Å². The van der Waals surface area contributed by atoms with Crippen LogP contribution in [0.15, 0.2) is 12.3 Å². The Morgan fingerprint density at radius 3 is 2.33 bits per heavy atom. The highest BCUT2D eigenvalue weighted by atomic mass is 15.2. The summed E-state index contributed by atoms with van der Waals surface area (Å²) < 4.78 is 1.86. The molecule has 1 rings (SSSR count). The van der Waals surface area contributed by atoms with Gasteiger partial charge in [-0.25, -0.2) is 0 Å². The Hall–Kier alpha value is -0.790. The fourth-order valence-electron chi connectivity index (χ4n) is 1.11. The topological polar surface area (TPSA) is 17.8 Å². The van der Waals surface area contributed by atoms with Crippen molar-refractivity contribution in [3.63, 3.8) is 0 Å². The van der Waals surface area contributed by atoms with Crippen LogP contribution in [0, 0.1) is 5.41 Å². The molecule has 0 aliphatic heterocycles. The first kappa shape index (κ1) is 9.30. The second kappa shape index (κ2) is 2.92. The van der Waals surface area contributed by atoms with E-state index in [0.29, 0.717) is 11.3 Å². The zero-order chi connectivity index (χ0) is 9.35. The summed E-state index contributed by atoms with van der Waals surface area (Å²) in [6.45, 7) is 8.95. The van der Waals surface area contributed by atoms with Gasteiger partial charge in [-0.05, 0) is 11.5 Å². The van der Waals surface area contributed by atoms with Crippen LogP contribution in [0.1, 0.15) is 39.3 Å². The zero-order valence-corrected chi connectivity index (χ0v) is 8.63. The lowest BCUT2D eigenvalue weighted by Gasteiger charge is -2.25. The molecule has 1 unspecified atom stereocenters. The average Bonchev–Trinajstić information content (AvgIpc) is 2.32. The number of aryl methyl sites for hydroxylation is 1. The van der Waals surface area contributed by atoms with Crippen LogP contribution in [-0.2, 0) is 7.05 Å². The summed E-state index contributed by atoms with van der Waals surface area (Å²) >= 11 is 0. The molecule has 0 N–H and O–H groups in total. The molecule has 2 nitrogen and oxygen atoms in total. The molecule has 68 valence electrons. The molecule has 2 heteroatoms.